The molecule has 0 bridgehead atoms. The Hall–Kier alpha value is -1.66. The minimum atomic E-state index is 0.900. The first-order valence-electron chi connectivity index (χ1n) is 6.50. The maximum Gasteiger partial charge on any atom is 0.0931 e. The molecule has 2 N–H and O–H groups in total. The van der Waals surface area contributed by atoms with E-state index in [1.165, 1.54) is 0 Å². The number of hydrogen-bond acceptors (Lipinski definition) is 3. The van der Waals surface area contributed by atoms with Crippen LogP contribution in [0.3, 0.4) is 0 Å². The number of likely N-dealkylation sites (N-methyl/N-ethyl adjacent to an activating group) is 1. The number of rotatable bonds is 4. The number of aryl methyl sites for hydroxylation is 1. The summed E-state index contributed by atoms with van der Waals surface area (Å²) in [5, 5.41) is 7.74. The van der Waals surface area contributed by atoms with E-state index < -0.39 is 0 Å². The standard InChI is InChI=1S/C14H16BrN5/c1-16-6-5-11-13(15)14(20(2)19-11)9-3-4-10-12(7-9)18-8-17-10/h3-4,7-8,16H,5-6H2,1-2H3,(H,17,18). The fraction of sp³-hybridized carbons (Fsp3) is 0.286. The van der Waals surface area contributed by atoms with Crippen molar-refractivity contribution in [2.45, 2.75) is 6.42 Å². The van der Waals surface area contributed by atoms with E-state index in [-0.39, 0.29) is 0 Å². The number of imidazole rings is 1. The molecule has 20 heavy (non-hydrogen) atoms. The zero-order valence-electron chi connectivity index (χ0n) is 11.4. The normalized spacial score (nSPS) is 11.3. The molecule has 3 rings (SSSR count). The van der Waals surface area contributed by atoms with Crippen LogP contribution in [0.5, 0.6) is 0 Å². The molecular weight excluding hydrogens is 318 g/mol. The molecule has 1 aromatic carbocycles. The lowest BCUT2D eigenvalue weighted by Gasteiger charge is -2.03. The summed E-state index contributed by atoms with van der Waals surface area (Å²) in [6, 6.07) is 6.20. The van der Waals surface area contributed by atoms with Gasteiger partial charge < -0.3 is 10.3 Å². The molecule has 5 nitrogen and oxygen atoms in total. The quantitative estimate of drug-likeness (QED) is 0.771. The number of fused-ring (bicyclic) bond motifs is 1. The van der Waals surface area contributed by atoms with Gasteiger partial charge in [0, 0.05) is 25.6 Å². The summed E-state index contributed by atoms with van der Waals surface area (Å²) in [6.07, 6.45) is 2.61. The van der Waals surface area contributed by atoms with E-state index in [0.29, 0.717) is 0 Å². The molecule has 0 saturated carbocycles. The number of nitrogens with zero attached hydrogens (tertiary/aromatic N) is 3. The maximum atomic E-state index is 4.60. The Morgan fingerprint density at radius 3 is 3.05 bits per heavy atom. The second kappa shape index (κ2) is 5.38. The van der Waals surface area contributed by atoms with Gasteiger partial charge in [-0.3, -0.25) is 4.68 Å². The maximum absolute atomic E-state index is 4.60. The van der Waals surface area contributed by atoms with Gasteiger partial charge in [-0.25, -0.2) is 4.98 Å². The van der Waals surface area contributed by atoms with Crippen molar-refractivity contribution in [2.24, 2.45) is 7.05 Å². The van der Waals surface area contributed by atoms with Crippen molar-refractivity contribution in [3.05, 3.63) is 34.7 Å². The lowest BCUT2D eigenvalue weighted by molar-refractivity contribution is 0.720. The van der Waals surface area contributed by atoms with Crippen molar-refractivity contribution in [2.75, 3.05) is 13.6 Å². The zero-order chi connectivity index (χ0) is 14.1. The fourth-order valence-electron chi connectivity index (χ4n) is 2.35. The van der Waals surface area contributed by atoms with E-state index >= 15 is 0 Å². The molecule has 0 unspecified atom stereocenters. The lowest BCUT2D eigenvalue weighted by atomic mass is 10.1. The highest BCUT2D eigenvalue weighted by Crippen LogP contribution is 2.32. The van der Waals surface area contributed by atoms with Crippen LogP contribution >= 0.6 is 15.9 Å². The van der Waals surface area contributed by atoms with E-state index in [1.807, 2.05) is 24.8 Å². The predicted octanol–water partition coefficient (Wildman–Crippen LogP) is 2.49. The van der Waals surface area contributed by atoms with Crippen LogP contribution in [0.1, 0.15) is 5.69 Å². The first-order chi connectivity index (χ1) is 9.70. The second-order valence-corrected chi connectivity index (χ2v) is 5.51. The topological polar surface area (TPSA) is 58.5 Å². The van der Waals surface area contributed by atoms with Crippen molar-refractivity contribution in [3.63, 3.8) is 0 Å². The third-order valence-electron chi connectivity index (χ3n) is 3.36. The van der Waals surface area contributed by atoms with Gasteiger partial charge in [0.15, 0.2) is 0 Å². The van der Waals surface area contributed by atoms with Crippen LogP contribution in [-0.4, -0.2) is 33.3 Å². The van der Waals surface area contributed by atoms with Crippen LogP contribution in [0.2, 0.25) is 0 Å². The SMILES string of the molecule is CNCCc1nn(C)c(-c2ccc3nc[nH]c3c2)c1Br. The predicted molar refractivity (Wildman–Crippen MR) is 83.6 cm³/mol. The van der Waals surface area contributed by atoms with Crippen molar-refractivity contribution >= 4 is 27.0 Å². The number of hydrogen-bond donors (Lipinski definition) is 2. The van der Waals surface area contributed by atoms with Crippen LogP contribution in [0.4, 0.5) is 0 Å². The van der Waals surface area contributed by atoms with E-state index in [9.17, 15) is 0 Å². The third kappa shape index (κ3) is 2.25. The Morgan fingerprint density at radius 2 is 2.25 bits per heavy atom. The van der Waals surface area contributed by atoms with Gasteiger partial charge in [0.2, 0.25) is 0 Å². The number of nitrogens with one attached hydrogen (secondary N) is 2. The Balaban J connectivity index is 2.06. The highest BCUT2D eigenvalue weighted by atomic mass is 79.9. The van der Waals surface area contributed by atoms with Crippen LogP contribution in [-0.2, 0) is 13.5 Å². The van der Waals surface area contributed by atoms with Gasteiger partial charge in [0.25, 0.3) is 0 Å². The number of aromatic nitrogens is 4. The minimum absolute atomic E-state index is 0.900. The van der Waals surface area contributed by atoms with Crippen LogP contribution in [0.15, 0.2) is 29.0 Å². The highest BCUT2D eigenvalue weighted by Gasteiger charge is 2.15. The first kappa shape index (κ1) is 13.3. The van der Waals surface area contributed by atoms with E-state index in [0.717, 1.165) is 45.4 Å². The van der Waals surface area contributed by atoms with Crippen LogP contribution < -0.4 is 5.32 Å². The fourth-order valence-corrected chi connectivity index (χ4v) is 3.12. The average molecular weight is 334 g/mol. The summed E-state index contributed by atoms with van der Waals surface area (Å²) in [6.45, 7) is 0.911. The molecular formula is C14H16BrN5. The van der Waals surface area contributed by atoms with Gasteiger partial charge in [0.1, 0.15) is 0 Å². The Kier molecular flexibility index (Phi) is 3.58. The largest absolute Gasteiger partial charge is 0.345 e. The van der Waals surface area contributed by atoms with Gasteiger partial charge in [-0.2, -0.15) is 5.10 Å². The number of aromatic amines is 1. The molecule has 0 aliphatic rings. The molecule has 3 aromatic rings. The van der Waals surface area contributed by atoms with E-state index in [4.69, 9.17) is 0 Å². The molecule has 0 aliphatic carbocycles. The third-order valence-corrected chi connectivity index (χ3v) is 4.19. The minimum Gasteiger partial charge on any atom is -0.345 e. The lowest BCUT2D eigenvalue weighted by Crippen LogP contribution is -2.11. The average Bonchev–Trinajstić information content (AvgIpc) is 3.00. The summed E-state index contributed by atoms with van der Waals surface area (Å²) >= 11 is 3.69. The first-order valence-corrected chi connectivity index (χ1v) is 7.29. The molecule has 0 radical (unpaired) electrons. The number of benzene rings is 1. The summed E-state index contributed by atoms with van der Waals surface area (Å²) < 4.78 is 2.99. The van der Waals surface area contributed by atoms with Gasteiger partial charge in [0.05, 0.1) is 33.2 Å². The Bertz CT molecular complexity index is 743. The molecule has 2 heterocycles. The van der Waals surface area contributed by atoms with Crippen molar-refractivity contribution in [1.29, 1.82) is 0 Å². The van der Waals surface area contributed by atoms with Gasteiger partial charge >= 0.3 is 0 Å². The van der Waals surface area contributed by atoms with Crippen LogP contribution in [0, 0.1) is 0 Å². The van der Waals surface area contributed by atoms with Crippen molar-refractivity contribution < 1.29 is 0 Å². The zero-order valence-corrected chi connectivity index (χ0v) is 13.0. The smallest absolute Gasteiger partial charge is 0.0931 e. The van der Waals surface area contributed by atoms with Crippen molar-refractivity contribution in [1.82, 2.24) is 25.1 Å². The van der Waals surface area contributed by atoms with E-state index in [2.05, 4.69) is 48.4 Å². The van der Waals surface area contributed by atoms with Gasteiger partial charge in [-0.1, -0.05) is 6.07 Å². The molecule has 0 fully saturated rings. The van der Waals surface area contributed by atoms with E-state index in [1.54, 1.807) is 6.33 Å². The molecule has 0 saturated heterocycles. The molecule has 0 amide bonds. The highest BCUT2D eigenvalue weighted by molar-refractivity contribution is 9.10. The monoisotopic (exact) mass is 333 g/mol. The Morgan fingerprint density at radius 1 is 1.40 bits per heavy atom. The summed E-state index contributed by atoms with van der Waals surface area (Å²) in [5.74, 6) is 0. The number of H-pyrrole nitrogens is 1. The number of halogens is 1. The molecule has 0 atom stereocenters. The molecule has 0 spiro atoms. The second-order valence-electron chi connectivity index (χ2n) is 4.72. The molecule has 2 aromatic heterocycles. The molecule has 104 valence electrons. The van der Waals surface area contributed by atoms with Crippen LogP contribution in [0.25, 0.3) is 22.3 Å². The summed E-state index contributed by atoms with van der Waals surface area (Å²) in [5.41, 5.74) is 5.29. The Labute approximate surface area is 125 Å². The van der Waals surface area contributed by atoms with Crippen molar-refractivity contribution in [3.8, 4) is 11.3 Å². The summed E-state index contributed by atoms with van der Waals surface area (Å²) in [4.78, 5) is 7.39. The summed E-state index contributed by atoms with van der Waals surface area (Å²) in [7, 11) is 3.92. The molecule has 0 aliphatic heterocycles. The molecule has 6 heteroatoms. The van der Waals surface area contributed by atoms with Gasteiger partial charge in [-0.15, -0.1) is 0 Å². The van der Waals surface area contributed by atoms with Gasteiger partial charge in [-0.05, 0) is 35.1 Å².